The lowest BCUT2D eigenvalue weighted by Gasteiger charge is -2.38. The first-order valence-electron chi connectivity index (χ1n) is 6.05. The molecule has 1 aromatic rings. The van der Waals surface area contributed by atoms with Crippen molar-refractivity contribution in [3.8, 4) is 0 Å². The minimum Gasteiger partial charge on any atom is -0.478 e. The topological polar surface area (TPSA) is 57.6 Å². The van der Waals surface area contributed by atoms with Gasteiger partial charge in [0.1, 0.15) is 0 Å². The normalized spacial score (nSPS) is 15.6. The number of hydrogen-bond donors (Lipinski definition) is 1. The van der Waals surface area contributed by atoms with Gasteiger partial charge in [-0.1, -0.05) is 12.1 Å². The first-order valence-corrected chi connectivity index (χ1v) is 6.05. The highest BCUT2D eigenvalue weighted by Gasteiger charge is 2.47. The molecule has 0 radical (unpaired) electrons. The Balaban J connectivity index is 2.47. The average molecular weight is 287 g/mol. The molecule has 2 rings (SSSR count). The quantitative estimate of drug-likeness (QED) is 0.930. The molecule has 0 bridgehead atoms. The van der Waals surface area contributed by atoms with Gasteiger partial charge in [-0.3, -0.25) is 4.79 Å². The minimum absolute atomic E-state index is 0.202. The largest absolute Gasteiger partial charge is 0.478 e. The third kappa shape index (κ3) is 2.61. The molecule has 1 fully saturated rings. The van der Waals surface area contributed by atoms with Crippen molar-refractivity contribution in [2.75, 3.05) is 4.90 Å². The van der Waals surface area contributed by atoms with E-state index in [1.54, 1.807) is 0 Å². The molecular formula is C13H12F3NO3. The number of carbonyl (C=O) groups excluding carboxylic acids is 1. The molecule has 0 saturated heterocycles. The van der Waals surface area contributed by atoms with Crippen molar-refractivity contribution in [1.29, 1.82) is 0 Å². The Bertz CT molecular complexity index is 538. The van der Waals surface area contributed by atoms with E-state index in [0.29, 0.717) is 17.7 Å². The zero-order chi connectivity index (χ0) is 14.9. The van der Waals surface area contributed by atoms with Crippen LogP contribution in [0.4, 0.5) is 18.9 Å². The fourth-order valence-corrected chi connectivity index (χ4v) is 2.12. The van der Waals surface area contributed by atoms with Crippen LogP contribution >= 0.6 is 0 Å². The van der Waals surface area contributed by atoms with Gasteiger partial charge < -0.3 is 10.0 Å². The number of rotatable bonds is 3. The van der Waals surface area contributed by atoms with E-state index in [2.05, 4.69) is 0 Å². The molecule has 1 N–H and O–H groups in total. The average Bonchev–Trinajstić information content (AvgIpc) is 2.31. The number of carbonyl (C=O) groups is 2. The summed E-state index contributed by atoms with van der Waals surface area (Å²) >= 11 is 0. The van der Waals surface area contributed by atoms with Crippen LogP contribution in [-0.2, 0) is 4.79 Å². The summed E-state index contributed by atoms with van der Waals surface area (Å²) in [5, 5.41) is 9.05. The molecule has 0 aliphatic heterocycles. The van der Waals surface area contributed by atoms with Gasteiger partial charge in [-0.2, -0.15) is 13.2 Å². The van der Waals surface area contributed by atoms with Gasteiger partial charge in [0.2, 0.25) is 0 Å². The van der Waals surface area contributed by atoms with Crippen LogP contribution in [0.2, 0.25) is 0 Å². The first-order chi connectivity index (χ1) is 9.32. The summed E-state index contributed by atoms with van der Waals surface area (Å²) < 4.78 is 38.1. The Kier molecular flexibility index (Phi) is 3.69. The first kappa shape index (κ1) is 14.4. The van der Waals surface area contributed by atoms with E-state index < -0.39 is 24.1 Å². The Morgan fingerprint density at radius 2 is 1.80 bits per heavy atom. The fraction of sp³-hybridized carbons (Fsp3) is 0.385. The SMILES string of the molecule is O=C(O)c1ccccc1N(C(=O)C(F)(F)F)C1CCC1. The van der Waals surface area contributed by atoms with Crippen molar-refractivity contribution in [2.24, 2.45) is 0 Å². The number of hydrogen-bond acceptors (Lipinski definition) is 2. The molecule has 0 atom stereocenters. The minimum atomic E-state index is -5.03. The van der Waals surface area contributed by atoms with Gasteiger partial charge >= 0.3 is 18.1 Å². The Morgan fingerprint density at radius 1 is 1.20 bits per heavy atom. The Labute approximate surface area is 112 Å². The Hall–Kier alpha value is -2.05. The highest BCUT2D eigenvalue weighted by atomic mass is 19.4. The Morgan fingerprint density at radius 3 is 2.25 bits per heavy atom. The summed E-state index contributed by atoms with van der Waals surface area (Å²) in [5.74, 6) is -3.38. The lowest BCUT2D eigenvalue weighted by molar-refractivity contribution is -0.171. The summed E-state index contributed by atoms with van der Waals surface area (Å²) in [5.41, 5.74) is -0.510. The van der Waals surface area contributed by atoms with Crippen LogP contribution in [0.15, 0.2) is 24.3 Å². The van der Waals surface area contributed by atoms with Crippen LogP contribution in [0.1, 0.15) is 29.6 Å². The highest BCUT2D eigenvalue weighted by Crippen LogP contribution is 2.35. The van der Waals surface area contributed by atoms with Gasteiger partial charge in [0.25, 0.3) is 0 Å². The maximum absolute atomic E-state index is 12.7. The summed E-state index contributed by atoms with van der Waals surface area (Å²) in [7, 11) is 0. The molecule has 1 amide bonds. The predicted octanol–water partition coefficient (Wildman–Crippen LogP) is 2.83. The number of aromatic carboxylic acids is 1. The molecule has 0 aromatic heterocycles. The van der Waals surface area contributed by atoms with Gasteiger partial charge in [-0.25, -0.2) is 4.79 Å². The van der Waals surface area contributed by atoms with E-state index in [0.717, 1.165) is 6.42 Å². The number of anilines is 1. The summed E-state index contributed by atoms with van der Waals surface area (Å²) in [6.45, 7) is 0. The molecule has 20 heavy (non-hydrogen) atoms. The van der Waals surface area contributed by atoms with Gasteiger partial charge in [0.05, 0.1) is 11.3 Å². The predicted molar refractivity (Wildman–Crippen MR) is 64.6 cm³/mol. The van der Waals surface area contributed by atoms with E-state index in [1.807, 2.05) is 0 Å². The van der Waals surface area contributed by atoms with E-state index >= 15 is 0 Å². The number of alkyl halides is 3. The van der Waals surface area contributed by atoms with Gasteiger partial charge in [-0.05, 0) is 31.4 Å². The van der Waals surface area contributed by atoms with Crippen LogP contribution in [0.3, 0.4) is 0 Å². The van der Waals surface area contributed by atoms with Crippen LogP contribution in [0.5, 0.6) is 0 Å². The number of benzene rings is 1. The maximum Gasteiger partial charge on any atom is 0.471 e. The zero-order valence-electron chi connectivity index (χ0n) is 10.4. The standard InChI is InChI=1S/C13H12F3NO3/c14-13(15,16)12(20)17(8-4-3-5-8)10-7-2-1-6-9(10)11(18)19/h1-2,6-8H,3-5H2,(H,18,19). The second-order valence-electron chi connectivity index (χ2n) is 4.58. The van der Waals surface area contributed by atoms with E-state index in [9.17, 15) is 22.8 Å². The maximum atomic E-state index is 12.7. The molecule has 0 spiro atoms. The smallest absolute Gasteiger partial charge is 0.471 e. The fourth-order valence-electron chi connectivity index (χ4n) is 2.12. The van der Waals surface area contributed by atoms with Crippen LogP contribution in [0, 0.1) is 0 Å². The van der Waals surface area contributed by atoms with Crippen LogP contribution in [0.25, 0.3) is 0 Å². The van der Waals surface area contributed by atoms with E-state index in [1.165, 1.54) is 24.3 Å². The highest BCUT2D eigenvalue weighted by molar-refractivity contribution is 6.04. The van der Waals surface area contributed by atoms with Crippen molar-refractivity contribution >= 4 is 17.6 Å². The molecule has 0 heterocycles. The third-order valence-electron chi connectivity index (χ3n) is 3.30. The number of amides is 1. The lowest BCUT2D eigenvalue weighted by atomic mass is 9.90. The molecule has 1 saturated carbocycles. The van der Waals surface area contributed by atoms with Crippen molar-refractivity contribution in [2.45, 2.75) is 31.5 Å². The number of halogens is 3. The van der Waals surface area contributed by atoms with Gasteiger partial charge in [0.15, 0.2) is 0 Å². The lowest BCUT2D eigenvalue weighted by Crippen LogP contribution is -2.50. The van der Waals surface area contributed by atoms with E-state index in [4.69, 9.17) is 5.11 Å². The summed E-state index contributed by atoms with van der Waals surface area (Å²) in [6, 6.07) is 4.64. The second-order valence-corrected chi connectivity index (χ2v) is 4.58. The molecule has 1 aromatic carbocycles. The summed E-state index contributed by atoms with van der Waals surface area (Å²) in [4.78, 5) is 23.3. The number of para-hydroxylation sites is 1. The van der Waals surface area contributed by atoms with Crippen molar-refractivity contribution in [1.82, 2.24) is 0 Å². The molecule has 1 aliphatic rings. The van der Waals surface area contributed by atoms with Crippen molar-refractivity contribution < 1.29 is 27.9 Å². The molecule has 0 unspecified atom stereocenters. The van der Waals surface area contributed by atoms with Gasteiger partial charge in [0, 0.05) is 6.04 Å². The van der Waals surface area contributed by atoms with Crippen LogP contribution < -0.4 is 4.90 Å². The monoisotopic (exact) mass is 287 g/mol. The molecular weight excluding hydrogens is 275 g/mol. The second kappa shape index (κ2) is 5.15. The van der Waals surface area contributed by atoms with Gasteiger partial charge in [-0.15, -0.1) is 0 Å². The van der Waals surface area contributed by atoms with Crippen LogP contribution in [-0.4, -0.2) is 29.2 Å². The molecule has 108 valence electrons. The van der Waals surface area contributed by atoms with Crippen molar-refractivity contribution in [3.05, 3.63) is 29.8 Å². The number of carboxylic acid groups (broad SMARTS) is 1. The molecule has 4 nitrogen and oxygen atoms in total. The zero-order valence-corrected chi connectivity index (χ0v) is 10.4. The third-order valence-corrected chi connectivity index (χ3v) is 3.30. The van der Waals surface area contributed by atoms with E-state index in [-0.39, 0.29) is 11.3 Å². The number of nitrogens with zero attached hydrogens (tertiary/aromatic N) is 1. The molecule has 1 aliphatic carbocycles. The van der Waals surface area contributed by atoms with Crippen molar-refractivity contribution in [3.63, 3.8) is 0 Å². The molecule has 7 heteroatoms. The summed E-state index contributed by atoms with van der Waals surface area (Å²) in [6.07, 6.45) is -3.42. The number of carboxylic acids is 1.